The molecule has 26 heavy (non-hydrogen) atoms. The summed E-state index contributed by atoms with van der Waals surface area (Å²) in [6, 6.07) is 9.32. The molecule has 0 atom stereocenters. The van der Waals surface area contributed by atoms with Crippen LogP contribution in [0.2, 0.25) is 5.02 Å². The lowest BCUT2D eigenvalue weighted by atomic mass is 10.1. The summed E-state index contributed by atoms with van der Waals surface area (Å²) in [7, 11) is 2.97. The van der Waals surface area contributed by atoms with Crippen LogP contribution in [0.15, 0.2) is 36.4 Å². The summed E-state index contributed by atoms with van der Waals surface area (Å²) in [5, 5.41) is 24.7. The minimum absolute atomic E-state index is 0.0500. The van der Waals surface area contributed by atoms with Gasteiger partial charge in [0.05, 0.1) is 17.1 Å². The highest BCUT2D eigenvalue weighted by Gasteiger charge is 2.22. The number of benzene rings is 2. The number of carboxylic acids is 1. The highest BCUT2D eigenvalue weighted by Crippen LogP contribution is 2.36. The Bertz CT molecular complexity index is 1040. The van der Waals surface area contributed by atoms with E-state index in [0.29, 0.717) is 27.5 Å². The second kappa shape index (κ2) is 6.57. The van der Waals surface area contributed by atoms with E-state index in [9.17, 15) is 20.0 Å². The second-order valence-electron chi connectivity index (χ2n) is 5.52. The van der Waals surface area contributed by atoms with Crippen molar-refractivity contribution in [2.24, 2.45) is 7.05 Å². The zero-order valence-electron chi connectivity index (χ0n) is 13.8. The first-order valence-corrected chi connectivity index (χ1v) is 7.82. The number of nitrogens with one attached hydrogen (secondary N) is 1. The van der Waals surface area contributed by atoms with Crippen LogP contribution in [0.4, 0.5) is 17.1 Å². The van der Waals surface area contributed by atoms with E-state index in [0.717, 1.165) is 0 Å². The van der Waals surface area contributed by atoms with Gasteiger partial charge < -0.3 is 19.7 Å². The monoisotopic (exact) mass is 375 g/mol. The van der Waals surface area contributed by atoms with Crippen LogP contribution in [0.5, 0.6) is 5.75 Å². The van der Waals surface area contributed by atoms with Crippen molar-refractivity contribution in [3.8, 4) is 5.75 Å². The topological polar surface area (TPSA) is 107 Å². The molecule has 0 saturated carbocycles. The Morgan fingerprint density at radius 2 is 2.04 bits per heavy atom. The highest BCUT2D eigenvalue weighted by molar-refractivity contribution is 6.32. The number of nitrogens with zero attached hydrogens (tertiary/aromatic N) is 2. The van der Waals surface area contributed by atoms with Gasteiger partial charge in [0, 0.05) is 35.9 Å². The number of hydrogen-bond donors (Lipinski definition) is 2. The van der Waals surface area contributed by atoms with E-state index in [-0.39, 0.29) is 16.9 Å². The number of fused-ring (bicyclic) bond motifs is 1. The van der Waals surface area contributed by atoms with Crippen LogP contribution >= 0.6 is 11.6 Å². The number of rotatable bonds is 5. The Morgan fingerprint density at radius 1 is 1.31 bits per heavy atom. The van der Waals surface area contributed by atoms with Crippen molar-refractivity contribution in [2.45, 2.75) is 0 Å². The van der Waals surface area contributed by atoms with E-state index < -0.39 is 10.9 Å². The Morgan fingerprint density at radius 3 is 2.65 bits per heavy atom. The number of hydrogen-bond acceptors (Lipinski definition) is 5. The summed E-state index contributed by atoms with van der Waals surface area (Å²) in [6.07, 6.45) is 0. The van der Waals surface area contributed by atoms with Gasteiger partial charge in [-0.2, -0.15) is 0 Å². The van der Waals surface area contributed by atoms with Crippen molar-refractivity contribution in [2.75, 3.05) is 12.4 Å². The minimum Gasteiger partial charge on any atom is -0.495 e. The van der Waals surface area contributed by atoms with Crippen LogP contribution in [0, 0.1) is 10.1 Å². The van der Waals surface area contributed by atoms with Crippen LogP contribution in [0.1, 0.15) is 10.5 Å². The summed E-state index contributed by atoms with van der Waals surface area (Å²) in [6.45, 7) is 0. The van der Waals surface area contributed by atoms with E-state index in [1.807, 2.05) is 0 Å². The number of non-ortho nitro benzene ring substituents is 1. The average molecular weight is 376 g/mol. The first-order chi connectivity index (χ1) is 12.3. The van der Waals surface area contributed by atoms with Crippen LogP contribution in [0.25, 0.3) is 10.9 Å². The number of anilines is 2. The van der Waals surface area contributed by atoms with Gasteiger partial charge in [0.2, 0.25) is 0 Å². The van der Waals surface area contributed by atoms with E-state index in [1.54, 1.807) is 18.2 Å². The molecule has 2 aromatic carbocycles. The minimum atomic E-state index is -1.17. The molecule has 9 heteroatoms. The fourth-order valence-corrected chi connectivity index (χ4v) is 3.00. The number of nitro groups is 1. The number of carbonyl (C=O) groups is 1. The molecular formula is C17H14ClN3O5. The first-order valence-electron chi connectivity index (χ1n) is 7.44. The lowest BCUT2D eigenvalue weighted by Crippen LogP contribution is -2.04. The van der Waals surface area contributed by atoms with Gasteiger partial charge in [0.15, 0.2) is 0 Å². The summed E-state index contributed by atoms with van der Waals surface area (Å²) >= 11 is 6.01. The molecule has 134 valence electrons. The molecule has 2 N–H and O–H groups in total. The SMILES string of the molecule is COc1cc(Nc2ccc([N+](=O)[O-])c3c2cc(C(=O)O)n3C)ccc1Cl. The number of aromatic nitrogens is 1. The summed E-state index contributed by atoms with van der Waals surface area (Å²) in [4.78, 5) is 22.2. The van der Waals surface area contributed by atoms with Crippen molar-refractivity contribution in [1.82, 2.24) is 4.57 Å². The Labute approximate surface area is 152 Å². The normalized spacial score (nSPS) is 10.7. The Kier molecular flexibility index (Phi) is 4.43. The lowest BCUT2D eigenvalue weighted by molar-refractivity contribution is -0.383. The average Bonchev–Trinajstić information content (AvgIpc) is 2.95. The summed E-state index contributed by atoms with van der Waals surface area (Å²) < 4.78 is 6.47. The number of nitro benzene ring substituents is 1. The van der Waals surface area contributed by atoms with E-state index >= 15 is 0 Å². The van der Waals surface area contributed by atoms with Crippen molar-refractivity contribution < 1.29 is 19.6 Å². The lowest BCUT2D eigenvalue weighted by Gasteiger charge is -2.11. The molecule has 0 aliphatic heterocycles. The third kappa shape index (κ3) is 2.91. The number of halogens is 1. The van der Waals surface area contributed by atoms with Crippen LogP contribution in [-0.4, -0.2) is 27.7 Å². The third-order valence-electron chi connectivity index (χ3n) is 4.02. The van der Waals surface area contributed by atoms with Gasteiger partial charge in [-0.1, -0.05) is 11.6 Å². The molecule has 0 unspecified atom stereocenters. The molecular weight excluding hydrogens is 362 g/mol. The maximum Gasteiger partial charge on any atom is 0.352 e. The van der Waals surface area contributed by atoms with Gasteiger partial charge in [0.25, 0.3) is 5.69 Å². The van der Waals surface area contributed by atoms with Crippen molar-refractivity contribution >= 4 is 45.5 Å². The third-order valence-corrected chi connectivity index (χ3v) is 4.33. The van der Waals surface area contributed by atoms with E-state index in [4.69, 9.17) is 16.3 Å². The summed E-state index contributed by atoms with van der Waals surface area (Å²) in [5.41, 5.74) is 1.17. The standard InChI is InChI=1S/C17H14ClN3O5/c1-20-14(17(22)23)8-10-12(5-6-13(16(10)20)21(24)25)19-9-3-4-11(18)15(7-9)26-2/h3-8,19H,1-2H3,(H,22,23). The van der Waals surface area contributed by atoms with Gasteiger partial charge in [0.1, 0.15) is 17.0 Å². The largest absolute Gasteiger partial charge is 0.495 e. The second-order valence-corrected chi connectivity index (χ2v) is 5.93. The zero-order chi connectivity index (χ0) is 19.0. The smallest absolute Gasteiger partial charge is 0.352 e. The fourth-order valence-electron chi connectivity index (χ4n) is 2.80. The predicted molar refractivity (Wildman–Crippen MR) is 97.8 cm³/mol. The number of aryl methyl sites for hydroxylation is 1. The maximum absolute atomic E-state index is 11.4. The molecule has 8 nitrogen and oxygen atoms in total. The highest BCUT2D eigenvalue weighted by atomic mass is 35.5. The molecule has 0 fully saturated rings. The van der Waals surface area contributed by atoms with Crippen molar-refractivity contribution in [3.05, 3.63) is 57.2 Å². The zero-order valence-corrected chi connectivity index (χ0v) is 14.6. The number of methoxy groups -OCH3 is 1. The van der Waals surface area contributed by atoms with Crippen LogP contribution < -0.4 is 10.1 Å². The molecule has 0 spiro atoms. The molecule has 1 aromatic heterocycles. The number of aromatic carboxylic acids is 1. The summed E-state index contributed by atoms with van der Waals surface area (Å²) in [5.74, 6) is -0.703. The molecule has 3 rings (SSSR count). The first kappa shape index (κ1) is 17.6. The van der Waals surface area contributed by atoms with E-state index in [2.05, 4.69) is 5.32 Å². The van der Waals surface area contributed by atoms with E-state index in [1.165, 1.54) is 36.9 Å². The van der Waals surface area contributed by atoms with Crippen LogP contribution in [0.3, 0.4) is 0 Å². The van der Waals surface area contributed by atoms with Gasteiger partial charge in [-0.3, -0.25) is 10.1 Å². The Balaban J connectivity index is 2.18. The van der Waals surface area contributed by atoms with Crippen molar-refractivity contribution in [3.63, 3.8) is 0 Å². The molecule has 1 heterocycles. The molecule has 3 aromatic rings. The van der Waals surface area contributed by atoms with Gasteiger partial charge in [-0.15, -0.1) is 0 Å². The molecule has 0 saturated heterocycles. The van der Waals surface area contributed by atoms with Crippen LogP contribution in [-0.2, 0) is 7.05 Å². The molecule has 0 aliphatic carbocycles. The molecule has 0 radical (unpaired) electrons. The number of carboxylic acid groups (broad SMARTS) is 1. The molecule has 0 bridgehead atoms. The fraction of sp³-hybridized carbons (Fsp3) is 0.118. The quantitative estimate of drug-likeness (QED) is 0.511. The maximum atomic E-state index is 11.4. The van der Waals surface area contributed by atoms with Gasteiger partial charge in [-0.25, -0.2) is 4.79 Å². The van der Waals surface area contributed by atoms with Gasteiger partial charge >= 0.3 is 5.97 Å². The molecule has 0 aliphatic rings. The Hall–Kier alpha value is -3.26. The van der Waals surface area contributed by atoms with Gasteiger partial charge in [-0.05, 0) is 24.3 Å². The number of ether oxygens (including phenoxy) is 1. The van der Waals surface area contributed by atoms with Crippen molar-refractivity contribution in [1.29, 1.82) is 0 Å². The predicted octanol–water partition coefficient (Wildman–Crippen LogP) is 4.19. The molecule has 0 amide bonds.